The van der Waals surface area contributed by atoms with E-state index in [9.17, 15) is 23.2 Å². The van der Waals surface area contributed by atoms with Crippen molar-refractivity contribution >= 4 is 28.6 Å². The summed E-state index contributed by atoms with van der Waals surface area (Å²) in [7, 11) is 0. The molecule has 0 atom stereocenters. The summed E-state index contributed by atoms with van der Waals surface area (Å²) >= 11 is 0. The van der Waals surface area contributed by atoms with Crippen LogP contribution in [-0.2, 0) is 4.79 Å². The van der Waals surface area contributed by atoms with Gasteiger partial charge in [-0.15, -0.1) is 0 Å². The van der Waals surface area contributed by atoms with Crippen LogP contribution in [0.1, 0.15) is 36.0 Å². The highest BCUT2D eigenvalue weighted by Crippen LogP contribution is 2.41. The van der Waals surface area contributed by atoms with Crippen LogP contribution in [0, 0.1) is 0 Å². The van der Waals surface area contributed by atoms with E-state index in [-0.39, 0.29) is 18.4 Å². The number of aromatic amines is 1. The van der Waals surface area contributed by atoms with E-state index in [4.69, 9.17) is 0 Å². The van der Waals surface area contributed by atoms with Crippen LogP contribution in [0.4, 0.5) is 13.6 Å². The van der Waals surface area contributed by atoms with Crippen LogP contribution in [0.3, 0.4) is 0 Å². The molecule has 0 unspecified atom stereocenters. The number of carbonyl (C=O) groups is 3. The number of hydrogen-bond acceptors (Lipinski definition) is 6. The lowest BCUT2D eigenvalue weighted by Gasteiger charge is -2.34. The zero-order valence-corrected chi connectivity index (χ0v) is 16.8. The fourth-order valence-corrected chi connectivity index (χ4v) is 4.22. The summed E-state index contributed by atoms with van der Waals surface area (Å²) < 4.78 is 27.0. The van der Waals surface area contributed by atoms with Crippen molar-refractivity contribution in [2.45, 2.75) is 37.1 Å². The summed E-state index contributed by atoms with van der Waals surface area (Å²) in [6.07, 6.45) is 5.03. The van der Waals surface area contributed by atoms with E-state index in [1.807, 2.05) is 0 Å². The van der Waals surface area contributed by atoms with Crippen LogP contribution in [0.15, 0.2) is 36.9 Å². The first-order valence-electron chi connectivity index (χ1n) is 10.1. The molecule has 2 aliphatic rings. The van der Waals surface area contributed by atoms with E-state index in [2.05, 4.69) is 25.5 Å². The van der Waals surface area contributed by atoms with Gasteiger partial charge in [0, 0.05) is 41.7 Å². The van der Waals surface area contributed by atoms with Crippen LogP contribution in [0.25, 0.3) is 22.2 Å². The number of nitrogens with one attached hydrogen (secondary N) is 2. The lowest BCUT2D eigenvalue weighted by molar-refractivity contribution is -0.135. The van der Waals surface area contributed by atoms with Gasteiger partial charge in [0.05, 0.1) is 30.1 Å². The normalized spacial score (nSPS) is 19.5. The number of carbonyl (C=O) groups excluding carboxylic acids is 3. The van der Waals surface area contributed by atoms with E-state index in [0.717, 1.165) is 21.4 Å². The first-order valence-corrected chi connectivity index (χ1v) is 10.1. The fraction of sp³-hybridized carbons (Fsp3) is 0.333. The summed E-state index contributed by atoms with van der Waals surface area (Å²) in [6.45, 7) is -0.483. The maximum Gasteiger partial charge on any atom is 0.325 e. The molecule has 1 aliphatic heterocycles. The fourth-order valence-electron chi connectivity index (χ4n) is 4.22. The number of Topliss-reactive ketones (excluding diaryl/α,β-unsaturated/α-hetero) is 1. The third-order valence-corrected chi connectivity index (χ3v) is 6.11. The first-order chi connectivity index (χ1) is 15.3. The highest BCUT2D eigenvalue weighted by Gasteiger charge is 2.55. The number of H-pyrrole nitrogens is 1. The van der Waals surface area contributed by atoms with E-state index in [0.29, 0.717) is 5.69 Å². The Morgan fingerprint density at radius 3 is 2.56 bits per heavy atom. The summed E-state index contributed by atoms with van der Waals surface area (Å²) in [4.78, 5) is 47.2. The second-order valence-corrected chi connectivity index (χ2v) is 8.13. The van der Waals surface area contributed by atoms with Gasteiger partial charge in [0.15, 0.2) is 5.78 Å². The molecule has 2 N–H and O–H groups in total. The van der Waals surface area contributed by atoms with Crippen molar-refractivity contribution in [2.24, 2.45) is 0 Å². The quantitative estimate of drug-likeness (QED) is 0.475. The molecule has 1 saturated carbocycles. The predicted octanol–water partition coefficient (Wildman–Crippen LogP) is 2.70. The highest BCUT2D eigenvalue weighted by atomic mass is 19.3. The second-order valence-electron chi connectivity index (χ2n) is 8.13. The van der Waals surface area contributed by atoms with Crippen molar-refractivity contribution in [1.82, 2.24) is 30.4 Å². The van der Waals surface area contributed by atoms with Crippen LogP contribution in [-0.4, -0.2) is 60.8 Å². The highest BCUT2D eigenvalue weighted by molar-refractivity contribution is 6.11. The molecular formula is C21H18F2N6O3. The number of nitrogens with zero attached hydrogens (tertiary/aromatic N) is 4. The monoisotopic (exact) mass is 440 g/mol. The number of alkyl halides is 2. The van der Waals surface area contributed by atoms with Crippen molar-refractivity contribution in [1.29, 1.82) is 0 Å². The first kappa shape index (κ1) is 20.2. The number of imide groups is 1. The summed E-state index contributed by atoms with van der Waals surface area (Å²) in [5.41, 5.74) is 0.936. The Bertz CT molecular complexity index is 1230. The topological polar surface area (TPSA) is 121 Å². The molecule has 3 aromatic rings. The summed E-state index contributed by atoms with van der Waals surface area (Å²) in [5.74, 6) is -3.96. The van der Waals surface area contributed by atoms with Gasteiger partial charge in [0.1, 0.15) is 5.54 Å². The molecule has 0 aromatic carbocycles. The molecule has 2 fully saturated rings. The molecule has 3 amide bonds. The van der Waals surface area contributed by atoms with Crippen molar-refractivity contribution < 1.29 is 23.2 Å². The molecule has 1 aliphatic carbocycles. The molecule has 1 spiro atoms. The maximum atomic E-state index is 13.5. The molecule has 164 valence electrons. The molecule has 5 rings (SSSR count). The van der Waals surface area contributed by atoms with E-state index >= 15 is 0 Å². The van der Waals surface area contributed by atoms with Crippen molar-refractivity contribution in [2.75, 3.05) is 6.54 Å². The Morgan fingerprint density at radius 2 is 1.84 bits per heavy atom. The van der Waals surface area contributed by atoms with Crippen LogP contribution < -0.4 is 5.32 Å². The van der Waals surface area contributed by atoms with Crippen molar-refractivity contribution in [3.8, 4) is 11.3 Å². The van der Waals surface area contributed by atoms with Gasteiger partial charge in [-0.05, 0) is 25.0 Å². The van der Waals surface area contributed by atoms with E-state index in [1.165, 1.54) is 6.20 Å². The van der Waals surface area contributed by atoms with Gasteiger partial charge in [0.2, 0.25) is 5.92 Å². The largest absolute Gasteiger partial charge is 0.325 e. The van der Waals surface area contributed by atoms with Gasteiger partial charge >= 0.3 is 6.03 Å². The van der Waals surface area contributed by atoms with Crippen molar-refractivity contribution in [3.63, 3.8) is 0 Å². The molecule has 11 heteroatoms. The van der Waals surface area contributed by atoms with Crippen molar-refractivity contribution in [3.05, 3.63) is 42.5 Å². The number of pyridine rings is 2. The molecular weight excluding hydrogens is 422 g/mol. The van der Waals surface area contributed by atoms with Gasteiger partial charge in [-0.2, -0.15) is 5.10 Å². The third kappa shape index (κ3) is 3.29. The number of fused-ring (bicyclic) bond motifs is 1. The lowest BCUT2D eigenvalue weighted by Crippen LogP contribution is -2.51. The minimum atomic E-state index is -2.84. The molecule has 4 heterocycles. The number of rotatable bonds is 4. The minimum absolute atomic E-state index is 0.154. The minimum Gasteiger partial charge on any atom is -0.323 e. The average Bonchev–Trinajstić information content (AvgIpc) is 3.35. The SMILES string of the molecule is O=C(CN1C(=O)NC2(CCC(F)(F)CC2)C1=O)c1ccc(-c2cncc3[nH]ncc23)nc1. The Labute approximate surface area is 180 Å². The van der Waals surface area contributed by atoms with Gasteiger partial charge in [-0.25, -0.2) is 13.6 Å². The molecule has 9 nitrogen and oxygen atoms in total. The van der Waals surface area contributed by atoms with E-state index < -0.39 is 48.6 Å². The van der Waals surface area contributed by atoms with Gasteiger partial charge < -0.3 is 5.32 Å². The van der Waals surface area contributed by atoms with Crippen LogP contribution in [0.2, 0.25) is 0 Å². The Kier molecular flexibility index (Phi) is 4.50. The molecule has 32 heavy (non-hydrogen) atoms. The smallest absolute Gasteiger partial charge is 0.323 e. The summed E-state index contributed by atoms with van der Waals surface area (Å²) in [6, 6.07) is 2.46. The summed E-state index contributed by atoms with van der Waals surface area (Å²) in [5, 5.41) is 10.2. The average molecular weight is 440 g/mol. The number of urea groups is 1. The maximum absolute atomic E-state index is 13.5. The number of halogens is 2. The van der Waals surface area contributed by atoms with E-state index in [1.54, 1.807) is 30.7 Å². The molecule has 1 saturated heterocycles. The van der Waals surface area contributed by atoms with Gasteiger partial charge in [-0.3, -0.25) is 29.6 Å². The number of ketones is 1. The zero-order chi connectivity index (χ0) is 22.5. The standard InChI is InChI=1S/C21H18F2N6O3/c22-21(23)5-3-20(4-6-21)18(31)29(19(32)27-20)11-17(30)12-1-2-15(25-7-12)13-8-24-10-16-14(13)9-26-28-16/h1-2,7-10H,3-6,11H2,(H,26,28)(H,27,32). The number of amides is 3. The van der Waals surface area contributed by atoms with Crippen LogP contribution >= 0.6 is 0 Å². The van der Waals surface area contributed by atoms with Crippen LogP contribution in [0.5, 0.6) is 0 Å². The molecule has 0 bridgehead atoms. The lowest BCUT2D eigenvalue weighted by atomic mass is 9.80. The third-order valence-electron chi connectivity index (χ3n) is 6.11. The van der Waals surface area contributed by atoms with Gasteiger partial charge in [-0.1, -0.05) is 0 Å². The number of aromatic nitrogens is 4. The molecule has 3 aromatic heterocycles. The predicted molar refractivity (Wildman–Crippen MR) is 108 cm³/mol. The Balaban J connectivity index is 1.32. The number of hydrogen-bond donors (Lipinski definition) is 2. The zero-order valence-electron chi connectivity index (χ0n) is 16.8. The second kappa shape index (κ2) is 7.14. The van der Waals surface area contributed by atoms with Gasteiger partial charge in [0.25, 0.3) is 5.91 Å². The Morgan fingerprint density at radius 1 is 1.06 bits per heavy atom. The molecule has 0 radical (unpaired) electrons. The Hall–Kier alpha value is -3.76.